The van der Waals surface area contributed by atoms with Crippen LogP contribution >= 0.6 is 7.60 Å². The second-order valence-electron chi connectivity index (χ2n) is 5.35. The minimum absolute atomic E-state index is 0.182. The largest absolute Gasteiger partial charge is 0.380 e. The predicted molar refractivity (Wildman–Crippen MR) is 70.9 cm³/mol. The predicted octanol–water partition coefficient (Wildman–Crippen LogP) is 2.74. The van der Waals surface area contributed by atoms with Gasteiger partial charge >= 0.3 is 7.60 Å². The maximum atomic E-state index is 12.1. The summed E-state index contributed by atoms with van der Waals surface area (Å²) in [4.78, 5) is 12.1. The summed E-state index contributed by atoms with van der Waals surface area (Å²) >= 11 is 0. The zero-order valence-corrected chi connectivity index (χ0v) is 13.1. The lowest BCUT2D eigenvalue weighted by Crippen LogP contribution is -2.32. The van der Waals surface area contributed by atoms with Crippen molar-refractivity contribution in [2.24, 2.45) is 11.3 Å². The van der Waals surface area contributed by atoms with Crippen molar-refractivity contribution < 1.29 is 23.1 Å². The van der Waals surface area contributed by atoms with Crippen molar-refractivity contribution >= 4 is 13.4 Å². The Bertz CT molecular complexity index is 304. The molecule has 0 rings (SSSR count). The van der Waals surface area contributed by atoms with Crippen LogP contribution in [0.15, 0.2) is 0 Å². The highest BCUT2D eigenvalue weighted by Gasteiger charge is 2.35. The van der Waals surface area contributed by atoms with Gasteiger partial charge < -0.3 is 13.8 Å². The summed E-state index contributed by atoms with van der Waals surface area (Å²) < 4.78 is 26.9. The highest BCUT2D eigenvalue weighted by molar-refractivity contribution is 7.54. The fraction of sp³-hybridized carbons (Fsp3) is 0.917. The first-order valence-electron chi connectivity index (χ1n) is 5.98. The molecular weight excluding hydrogens is 255 g/mol. The lowest BCUT2D eigenvalue weighted by Gasteiger charge is -2.25. The number of Topliss-reactive ketones (excluding diaryl/α,β-unsaturated/α-hetero) is 1. The van der Waals surface area contributed by atoms with E-state index in [4.69, 9.17) is 13.8 Å². The lowest BCUT2D eigenvalue weighted by atomic mass is 9.90. The molecule has 5 nitrogen and oxygen atoms in total. The van der Waals surface area contributed by atoms with E-state index in [9.17, 15) is 9.36 Å². The van der Waals surface area contributed by atoms with Gasteiger partial charge in [0.2, 0.25) is 0 Å². The lowest BCUT2D eigenvalue weighted by molar-refractivity contribution is -0.128. The highest BCUT2D eigenvalue weighted by atomic mass is 31.2. The number of hydrogen-bond acceptors (Lipinski definition) is 5. The van der Waals surface area contributed by atoms with Crippen LogP contribution in [0.3, 0.4) is 0 Å². The number of ketones is 1. The zero-order chi connectivity index (χ0) is 14.4. The smallest absolute Gasteiger partial charge is 0.337 e. The number of carbonyl (C=O) groups excluding carboxylic acids is 1. The van der Waals surface area contributed by atoms with Crippen LogP contribution in [0.25, 0.3) is 0 Å². The van der Waals surface area contributed by atoms with E-state index >= 15 is 0 Å². The molecule has 0 radical (unpaired) electrons. The van der Waals surface area contributed by atoms with Crippen molar-refractivity contribution in [3.05, 3.63) is 0 Å². The van der Waals surface area contributed by atoms with E-state index in [1.165, 1.54) is 14.2 Å². The van der Waals surface area contributed by atoms with Crippen LogP contribution in [0.1, 0.15) is 27.7 Å². The monoisotopic (exact) mass is 280 g/mol. The second kappa shape index (κ2) is 7.39. The number of carbonyl (C=O) groups is 1. The Hall–Kier alpha value is -0.220. The summed E-state index contributed by atoms with van der Waals surface area (Å²) in [6.45, 7) is 8.52. The SMILES string of the molecule is COP(=O)(CC(=O)C(C)(C)COCC(C)C)OC. The molecule has 0 N–H and O–H groups in total. The van der Waals surface area contributed by atoms with Gasteiger partial charge in [-0.2, -0.15) is 0 Å². The molecule has 18 heavy (non-hydrogen) atoms. The van der Waals surface area contributed by atoms with Crippen LogP contribution in [0.5, 0.6) is 0 Å². The van der Waals surface area contributed by atoms with E-state index in [0.29, 0.717) is 19.1 Å². The number of ether oxygens (including phenoxy) is 1. The molecule has 108 valence electrons. The van der Waals surface area contributed by atoms with Crippen molar-refractivity contribution in [1.82, 2.24) is 0 Å². The molecule has 0 atom stereocenters. The molecule has 0 spiro atoms. The Morgan fingerprint density at radius 2 is 1.72 bits per heavy atom. The molecule has 0 aliphatic heterocycles. The summed E-state index contributed by atoms with van der Waals surface area (Å²) in [6.07, 6.45) is -0.224. The quantitative estimate of drug-likeness (QED) is 0.608. The molecule has 0 aliphatic rings. The first-order chi connectivity index (χ1) is 8.17. The summed E-state index contributed by atoms with van der Waals surface area (Å²) in [5.41, 5.74) is -0.693. The van der Waals surface area contributed by atoms with Gasteiger partial charge in [0.1, 0.15) is 6.16 Å². The molecule has 0 aliphatic carbocycles. The minimum atomic E-state index is -3.29. The maximum absolute atomic E-state index is 12.1. The van der Waals surface area contributed by atoms with Gasteiger partial charge in [-0.25, -0.2) is 0 Å². The van der Waals surface area contributed by atoms with Gasteiger partial charge in [0.15, 0.2) is 5.78 Å². The summed E-state index contributed by atoms with van der Waals surface area (Å²) in [5.74, 6) is 0.234. The topological polar surface area (TPSA) is 61.8 Å². The molecule has 0 bridgehead atoms. The molecule has 0 fully saturated rings. The van der Waals surface area contributed by atoms with Gasteiger partial charge in [0, 0.05) is 26.2 Å². The van der Waals surface area contributed by atoms with E-state index < -0.39 is 13.0 Å². The third-order valence-electron chi connectivity index (χ3n) is 2.56. The Labute approximate surface area is 110 Å². The van der Waals surface area contributed by atoms with Crippen molar-refractivity contribution in [3.63, 3.8) is 0 Å². The Morgan fingerprint density at radius 3 is 2.11 bits per heavy atom. The van der Waals surface area contributed by atoms with Crippen molar-refractivity contribution in [2.45, 2.75) is 27.7 Å². The van der Waals surface area contributed by atoms with Crippen LogP contribution in [0.2, 0.25) is 0 Å². The fourth-order valence-corrected chi connectivity index (χ4v) is 2.41. The number of rotatable bonds is 9. The third-order valence-corrected chi connectivity index (χ3v) is 4.35. The van der Waals surface area contributed by atoms with Gasteiger partial charge in [-0.05, 0) is 5.92 Å². The van der Waals surface area contributed by atoms with E-state index in [-0.39, 0.29) is 11.9 Å². The summed E-state index contributed by atoms with van der Waals surface area (Å²) in [5, 5.41) is 0. The van der Waals surface area contributed by atoms with Crippen LogP contribution in [0, 0.1) is 11.3 Å². The minimum Gasteiger partial charge on any atom is -0.380 e. The molecule has 0 heterocycles. The van der Waals surface area contributed by atoms with Crippen molar-refractivity contribution in [3.8, 4) is 0 Å². The van der Waals surface area contributed by atoms with Crippen LogP contribution < -0.4 is 0 Å². The normalized spacial score (nSPS) is 13.1. The van der Waals surface area contributed by atoms with Gasteiger partial charge in [-0.1, -0.05) is 27.7 Å². The standard InChI is InChI=1S/C12H25O5P/c1-10(2)7-17-9-12(3,4)11(13)8-18(14,15-5)16-6/h10H,7-9H2,1-6H3. The molecule has 0 saturated carbocycles. The number of hydrogen-bond donors (Lipinski definition) is 0. The van der Waals surface area contributed by atoms with Crippen molar-refractivity contribution in [1.29, 1.82) is 0 Å². The molecule has 0 aromatic carbocycles. The van der Waals surface area contributed by atoms with Gasteiger partial charge in [0.25, 0.3) is 0 Å². The molecular formula is C12H25O5P. The first-order valence-corrected chi connectivity index (χ1v) is 7.71. The second-order valence-corrected chi connectivity index (χ2v) is 7.62. The molecule has 0 amide bonds. The van der Waals surface area contributed by atoms with E-state index in [0.717, 1.165) is 0 Å². The molecule has 0 unspecified atom stereocenters. The Balaban J connectivity index is 4.42. The van der Waals surface area contributed by atoms with Crippen LogP contribution in [-0.4, -0.2) is 39.4 Å². The van der Waals surface area contributed by atoms with Gasteiger partial charge in [0.05, 0.1) is 6.61 Å². The van der Waals surface area contributed by atoms with E-state index in [1.54, 1.807) is 13.8 Å². The van der Waals surface area contributed by atoms with Crippen molar-refractivity contribution in [2.75, 3.05) is 33.6 Å². The zero-order valence-electron chi connectivity index (χ0n) is 12.2. The van der Waals surface area contributed by atoms with E-state index in [2.05, 4.69) is 0 Å². The van der Waals surface area contributed by atoms with Crippen LogP contribution in [0.4, 0.5) is 0 Å². The molecule has 6 heteroatoms. The average molecular weight is 280 g/mol. The molecule has 0 saturated heterocycles. The Kier molecular flexibility index (Phi) is 7.30. The third kappa shape index (κ3) is 6.10. The van der Waals surface area contributed by atoms with Gasteiger partial charge in [-0.3, -0.25) is 9.36 Å². The summed E-state index contributed by atoms with van der Waals surface area (Å²) in [7, 11) is -0.735. The van der Waals surface area contributed by atoms with Gasteiger partial charge in [-0.15, -0.1) is 0 Å². The van der Waals surface area contributed by atoms with Crippen LogP contribution in [-0.2, 0) is 23.1 Å². The highest BCUT2D eigenvalue weighted by Crippen LogP contribution is 2.47. The molecule has 0 aromatic rings. The summed E-state index contributed by atoms with van der Waals surface area (Å²) in [6, 6.07) is 0. The fourth-order valence-electron chi connectivity index (χ4n) is 1.22. The first kappa shape index (κ1) is 17.8. The average Bonchev–Trinajstić information content (AvgIpc) is 2.28. The Morgan fingerprint density at radius 1 is 1.22 bits per heavy atom. The maximum Gasteiger partial charge on any atom is 0.337 e. The molecule has 0 aromatic heterocycles. The van der Waals surface area contributed by atoms with E-state index in [1.807, 2.05) is 13.8 Å².